The van der Waals surface area contributed by atoms with Crippen LogP contribution < -0.4 is 5.32 Å². The van der Waals surface area contributed by atoms with Crippen LogP contribution in [0.25, 0.3) is 20.8 Å². The van der Waals surface area contributed by atoms with Gasteiger partial charge in [-0.05, 0) is 67.1 Å². The summed E-state index contributed by atoms with van der Waals surface area (Å²) in [7, 11) is 0. The molecule has 0 saturated carbocycles. The molecule has 0 fully saturated rings. The summed E-state index contributed by atoms with van der Waals surface area (Å²) in [6.07, 6.45) is 0. The maximum absolute atomic E-state index is 12.4. The number of thiazole rings is 1. The van der Waals surface area contributed by atoms with Crippen molar-refractivity contribution < 1.29 is 4.79 Å². The van der Waals surface area contributed by atoms with Crippen LogP contribution in [0, 0.1) is 6.92 Å². The number of carbonyl (C=O) groups is 1. The maximum Gasteiger partial charge on any atom is 0.255 e. The summed E-state index contributed by atoms with van der Waals surface area (Å²) in [5, 5.41) is 3.97. The van der Waals surface area contributed by atoms with Crippen LogP contribution in [0.2, 0.25) is 0 Å². The zero-order chi connectivity index (χ0) is 18.1. The third-order valence-corrected chi connectivity index (χ3v) is 5.74. The van der Waals surface area contributed by atoms with Crippen LogP contribution in [-0.4, -0.2) is 10.9 Å². The Morgan fingerprint density at radius 3 is 2.54 bits per heavy atom. The smallest absolute Gasteiger partial charge is 0.255 e. The van der Waals surface area contributed by atoms with Crippen LogP contribution in [-0.2, 0) is 0 Å². The first kappa shape index (κ1) is 16.9. The van der Waals surface area contributed by atoms with Gasteiger partial charge in [0.05, 0.1) is 10.2 Å². The second kappa shape index (κ2) is 7.02. The Kier molecular flexibility index (Phi) is 4.57. The van der Waals surface area contributed by atoms with Crippen molar-refractivity contribution in [2.45, 2.75) is 6.92 Å². The van der Waals surface area contributed by atoms with E-state index in [1.54, 1.807) is 23.5 Å². The molecule has 0 aliphatic carbocycles. The van der Waals surface area contributed by atoms with Crippen molar-refractivity contribution in [3.63, 3.8) is 0 Å². The van der Waals surface area contributed by atoms with E-state index in [1.165, 1.54) is 4.70 Å². The number of amides is 1. The van der Waals surface area contributed by atoms with Crippen molar-refractivity contribution in [2.75, 3.05) is 5.32 Å². The molecular weight excluding hydrogens is 408 g/mol. The number of benzene rings is 3. The van der Waals surface area contributed by atoms with Crippen molar-refractivity contribution in [3.05, 3.63) is 82.3 Å². The molecule has 0 radical (unpaired) electrons. The fraction of sp³-hybridized carbons (Fsp3) is 0.0476. The minimum absolute atomic E-state index is 0.117. The van der Waals surface area contributed by atoms with Gasteiger partial charge in [-0.1, -0.05) is 28.1 Å². The maximum atomic E-state index is 12.4. The molecule has 0 spiro atoms. The molecule has 128 valence electrons. The van der Waals surface area contributed by atoms with Gasteiger partial charge in [0.25, 0.3) is 5.91 Å². The molecule has 1 N–H and O–H groups in total. The van der Waals surface area contributed by atoms with E-state index in [-0.39, 0.29) is 5.91 Å². The van der Waals surface area contributed by atoms with Crippen molar-refractivity contribution >= 4 is 49.1 Å². The van der Waals surface area contributed by atoms with Gasteiger partial charge in [-0.15, -0.1) is 11.3 Å². The summed E-state index contributed by atoms with van der Waals surface area (Å²) in [5.41, 5.74) is 4.51. The Morgan fingerprint density at radius 1 is 1.04 bits per heavy atom. The number of halogens is 1. The number of para-hydroxylation sites is 1. The third-order valence-electron chi connectivity index (χ3n) is 4.12. The van der Waals surface area contributed by atoms with E-state index in [0.717, 1.165) is 31.8 Å². The van der Waals surface area contributed by atoms with Gasteiger partial charge in [0, 0.05) is 21.3 Å². The fourth-order valence-corrected chi connectivity index (χ4v) is 3.95. The van der Waals surface area contributed by atoms with Gasteiger partial charge in [-0.25, -0.2) is 4.98 Å². The predicted molar refractivity (Wildman–Crippen MR) is 112 cm³/mol. The average molecular weight is 423 g/mol. The molecule has 3 aromatic carbocycles. The summed E-state index contributed by atoms with van der Waals surface area (Å²) in [6.45, 7) is 1.99. The largest absolute Gasteiger partial charge is 0.322 e. The van der Waals surface area contributed by atoms with Crippen molar-refractivity contribution in [3.8, 4) is 10.6 Å². The quantitative estimate of drug-likeness (QED) is 0.421. The monoisotopic (exact) mass is 422 g/mol. The highest BCUT2D eigenvalue weighted by Crippen LogP contribution is 2.32. The molecule has 0 bridgehead atoms. The third kappa shape index (κ3) is 3.41. The first-order chi connectivity index (χ1) is 12.6. The summed E-state index contributed by atoms with van der Waals surface area (Å²) < 4.78 is 2.12. The Balaban J connectivity index is 1.59. The summed E-state index contributed by atoms with van der Waals surface area (Å²) in [6, 6.07) is 21.4. The average Bonchev–Trinajstić information content (AvgIpc) is 3.08. The zero-order valence-corrected chi connectivity index (χ0v) is 16.4. The van der Waals surface area contributed by atoms with Crippen LogP contribution in [0.4, 0.5) is 5.69 Å². The number of nitrogens with one attached hydrogen (secondary N) is 1. The molecule has 0 aliphatic rings. The van der Waals surface area contributed by atoms with Crippen LogP contribution in [0.15, 0.2) is 71.2 Å². The summed E-state index contributed by atoms with van der Waals surface area (Å²) in [5.74, 6) is -0.117. The Labute approximate surface area is 163 Å². The standard InChI is InChI=1S/C21H15BrN2OS/c1-13-12-15(21-24-18-4-2-3-5-19(18)26-21)8-11-17(13)23-20(25)14-6-9-16(22)10-7-14/h2-12H,1H3,(H,23,25). The molecule has 0 unspecified atom stereocenters. The summed E-state index contributed by atoms with van der Waals surface area (Å²) in [4.78, 5) is 17.1. The van der Waals surface area contributed by atoms with Crippen LogP contribution in [0.5, 0.6) is 0 Å². The van der Waals surface area contributed by atoms with Gasteiger partial charge in [-0.2, -0.15) is 0 Å². The number of carbonyl (C=O) groups excluding carboxylic acids is 1. The lowest BCUT2D eigenvalue weighted by atomic mass is 10.1. The molecule has 4 rings (SSSR count). The highest BCUT2D eigenvalue weighted by atomic mass is 79.9. The Hall–Kier alpha value is -2.50. The van der Waals surface area contributed by atoms with Gasteiger partial charge in [0.1, 0.15) is 5.01 Å². The molecule has 26 heavy (non-hydrogen) atoms. The van der Waals surface area contributed by atoms with Crippen molar-refractivity contribution in [1.29, 1.82) is 0 Å². The number of aromatic nitrogens is 1. The highest BCUT2D eigenvalue weighted by molar-refractivity contribution is 9.10. The number of hydrogen-bond donors (Lipinski definition) is 1. The number of anilines is 1. The minimum Gasteiger partial charge on any atom is -0.322 e. The van der Waals surface area contributed by atoms with E-state index in [4.69, 9.17) is 4.98 Å². The van der Waals surface area contributed by atoms with Crippen LogP contribution in [0.3, 0.4) is 0 Å². The Morgan fingerprint density at radius 2 is 1.81 bits per heavy atom. The molecule has 0 aliphatic heterocycles. The van der Waals surface area contributed by atoms with Gasteiger partial charge in [0.2, 0.25) is 0 Å². The molecular formula is C21H15BrN2OS. The van der Waals surface area contributed by atoms with E-state index in [1.807, 2.05) is 49.4 Å². The van der Waals surface area contributed by atoms with Gasteiger partial charge in [-0.3, -0.25) is 4.79 Å². The predicted octanol–water partition coefficient (Wildman–Crippen LogP) is 6.29. The number of nitrogens with zero attached hydrogens (tertiary/aromatic N) is 1. The van der Waals surface area contributed by atoms with Gasteiger partial charge < -0.3 is 5.32 Å². The van der Waals surface area contributed by atoms with Crippen LogP contribution >= 0.6 is 27.3 Å². The molecule has 1 aromatic heterocycles. The van der Waals surface area contributed by atoms with E-state index in [0.29, 0.717) is 5.56 Å². The lowest BCUT2D eigenvalue weighted by molar-refractivity contribution is 0.102. The molecule has 0 saturated heterocycles. The molecule has 3 nitrogen and oxygen atoms in total. The first-order valence-electron chi connectivity index (χ1n) is 8.14. The second-order valence-electron chi connectivity index (χ2n) is 5.98. The number of fused-ring (bicyclic) bond motifs is 1. The number of aryl methyl sites for hydroxylation is 1. The lowest BCUT2D eigenvalue weighted by Crippen LogP contribution is -2.12. The molecule has 4 aromatic rings. The second-order valence-corrected chi connectivity index (χ2v) is 7.92. The first-order valence-corrected chi connectivity index (χ1v) is 9.74. The van der Waals surface area contributed by atoms with Crippen molar-refractivity contribution in [1.82, 2.24) is 4.98 Å². The topological polar surface area (TPSA) is 42.0 Å². The van der Waals surface area contributed by atoms with E-state index in [9.17, 15) is 4.79 Å². The molecule has 1 amide bonds. The number of rotatable bonds is 3. The zero-order valence-electron chi connectivity index (χ0n) is 14.0. The SMILES string of the molecule is Cc1cc(-c2nc3ccccc3s2)ccc1NC(=O)c1ccc(Br)cc1. The molecule has 0 atom stereocenters. The van der Waals surface area contributed by atoms with E-state index < -0.39 is 0 Å². The normalized spacial score (nSPS) is 10.8. The summed E-state index contributed by atoms with van der Waals surface area (Å²) >= 11 is 5.05. The Bertz CT molecular complexity index is 1070. The van der Waals surface area contributed by atoms with Gasteiger partial charge in [0.15, 0.2) is 0 Å². The molecule has 1 heterocycles. The lowest BCUT2D eigenvalue weighted by Gasteiger charge is -2.10. The highest BCUT2D eigenvalue weighted by Gasteiger charge is 2.10. The van der Waals surface area contributed by atoms with E-state index in [2.05, 4.69) is 33.4 Å². The fourth-order valence-electron chi connectivity index (χ4n) is 2.73. The van der Waals surface area contributed by atoms with Crippen molar-refractivity contribution in [2.24, 2.45) is 0 Å². The molecule has 5 heteroatoms. The van der Waals surface area contributed by atoms with Gasteiger partial charge >= 0.3 is 0 Å². The van der Waals surface area contributed by atoms with Crippen LogP contribution in [0.1, 0.15) is 15.9 Å². The van der Waals surface area contributed by atoms with E-state index >= 15 is 0 Å². The minimum atomic E-state index is -0.117. The number of hydrogen-bond acceptors (Lipinski definition) is 3.